The second-order valence-corrected chi connectivity index (χ2v) is 4.36. The first kappa shape index (κ1) is 10.2. The Bertz CT molecular complexity index is 341. The minimum absolute atomic E-state index is 0.186. The molecule has 0 atom stereocenters. The molecule has 15 heavy (non-hydrogen) atoms. The van der Waals surface area contributed by atoms with Gasteiger partial charge < -0.3 is 15.6 Å². The highest BCUT2D eigenvalue weighted by atomic mass is 16.2. The van der Waals surface area contributed by atoms with Gasteiger partial charge in [0.1, 0.15) is 0 Å². The minimum Gasteiger partial charge on any atom is -0.367 e. The Morgan fingerprint density at radius 2 is 2.40 bits per heavy atom. The molecule has 0 aromatic carbocycles. The van der Waals surface area contributed by atoms with Crippen LogP contribution in [0.15, 0.2) is 18.5 Å². The molecule has 1 fully saturated rings. The lowest BCUT2D eigenvalue weighted by Crippen LogP contribution is -2.37. The smallest absolute Gasteiger partial charge is 0.230 e. The third-order valence-corrected chi connectivity index (χ3v) is 3.13. The summed E-state index contributed by atoms with van der Waals surface area (Å²) in [6.45, 7) is 1.13. The van der Waals surface area contributed by atoms with E-state index in [9.17, 15) is 4.79 Å². The predicted molar refractivity (Wildman–Crippen MR) is 58.0 cm³/mol. The highest BCUT2D eigenvalue weighted by Crippen LogP contribution is 2.46. The van der Waals surface area contributed by atoms with Gasteiger partial charge in [0.15, 0.2) is 0 Å². The van der Waals surface area contributed by atoms with Crippen molar-refractivity contribution in [1.82, 2.24) is 9.88 Å². The molecule has 0 spiro atoms. The Hall–Kier alpha value is -1.29. The highest BCUT2D eigenvalue weighted by Gasteiger charge is 2.49. The lowest BCUT2D eigenvalue weighted by atomic mass is 10.1. The number of amides is 1. The molecule has 0 radical (unpaired) electrons. The number of nitrogens with zero attached hydrogens (tertiary/aromatic N) is 1. The number of rotatable bonds is 4. The molecule has 3 N–H and O–H groups in total. The molecule has 1 aliphatic carbocycles. The number of aromatic amines is 1. The summed E-state index contributed by atoms with van der Waals surface area (Å²) >= 11 is 0. The summed E-state index contributed by atoms with van der Waals surface area (Å²) < 4.78 is 0. The maximum absolute atomic E-state index is 12.0. The van der Waals surface area contributed by atoms with Crippen LogP contribution in [0.3, 0.4) is 0 Å². The molecule has 1 aromatic heterocycles. The Kier molecular flexibility index (Phi) is 2.52. The molecule has 1 heterocycles. The Morgan fingerprint density at radius 3 is 2.87 bits per heavy atom. The van der Waals surface area contributed by atoms with Crippen LogP contribution < -0.4 is 5.73 Å². The normalized spacial score (nSPS) is 17.5. The van der Waals surface area contributed by atoms with Gasteiger partial charge in [0.2, 0.25) is 5.91 Å². The van der Waals surface area contributed by atoms with Gasteiger partial charge in [0, 0.05) is 32.5 Å². The lowest BCUT2D eigenvalue weighted by Gasteiger charge is -2.22. The summed E-state index contributed by atoms with van der Waals surface area (Å²) in [6, 6.07) is 1.98. The van der Waals surface area contributed by atoms with Crippen LogP contribution in [0.1, 0.15) is 18.4 Å². The zero-order chi connectivity index (χ0) is 10.9. The highest BCUT2D eigenvalue weighted by molar-refractivity contribution is 5.85. The number of carbonyl (C=O) groups excluding carboxylic acids is 1. The van der Waals surface area contributed by atoms with E-state index < -0.39 is 0 Å². The van der Waals surface area contributed by atoms with Crippen molar-refractivity contribution >= 4 is 5.91 Å². The second kappa shape index (κ2) is 3.70. The van der Waals surface area contributed by atoms with Crippen LogP contribution in [-0.4, -0.2) is 29.4 Å². The van der Waals surface area contributed by atoms with Crippen LogP contribution in [0.5, 0.6) is 0 Å². The van der Waals surface area contributed by atoms with E-state index in [-0.39, 0.29) is 11.3 Å². The molecule has 4 nitrogen and oxygen atoms in total. The molecule has 0 saturated heterocycles. The van der Waals surface area contributed by atoms with Crippen LogP contribution in [0, 0.1) is 5.41 Å². The van der Waals surface area contributed by atoms with Crippen molar-refractivity contribution in [2.24, 2.45) is 11.1 Å². The van der Waals surface area contributed by atoms with Crippen molar-refractivity contribution < 1.29 is 4.79 Å². The maximum atomic E-state index is 12.0. The van der Waals surface area contributed by atoms with E-state index in [1.54, 1.807) is 4.90 Å². The fourth-order valence-electron chi connectivity index (χ4n) is 1.86. The molecule has 1 amide bonds. The average Bonchev–Trinajstić information content (AvgIpc) is 2.89. The first-order chi connectivity index (χ1) is 7.18. The lowest BCUT2D eigenvalue weighted by molar-refractivity contribution is -0.135. The topological polar surface area (TPSA) is 62.1 Å². The molecule has 0 bridgehead atoms. The zero-order valence-electron chi connectivity index (χ0n) is 8.99. The van der Waals surface area contributed by atoms with Crippen molar-refractivity contribution in [3.63, 3.8) is 0 Å². The molecular formula is C11H17N3O. The summed E-state index contributed by atoms with van der Waals surface area (Å²) in [4.78, 5) is 16.8. The summed E-state index contributed by atoms with van der Waals surface area (Å²) in [5.74, 6) is 0.186. The van der Waals surface area contributed by atoms with Crippen LogP contribution in [0.4, 0.5) is 0 Å². The number of carbonyl (C=O) groups is 1. The summed E-state index contributed by atoms with van der Waals surface area (Å²) in [5, 5.41) is 0. The van der Waals surface area contributed by atoms with E-state index in [0.29, 0.717) is 13.1 Å². The van der Waals surface area contributed by atoms with Crippen LogP contribution in [0.25, 0.3) is 0 Å². The molecule has 1 saturated carbocycles. The predicted octanol–water partition coefficient (Wildman–Crippen LogP) is 0.712. The monoisotopic (exact) mass is 207 g/mol. The third-order valence-electron chi connectivity index (χ3n) is 3.13. The fraction of sp³-hybridized carbons (Fsp3) is 0.545. The number of hydrogen-bond acceptors (Lipinski definition) is 2. The van der Waals surface area contributed by atoms with Gasteiger partial charge in [-0.1, -0.05) is 0 Å². The van der Waals surface area contributed by atoms with Crippen molar-refractivity contribution in [3.8, 4) is 0 Å². The van der Waals surface area contributed by atoms with E-state index in [2.05, 4.69) is 4.98 Å². The van der Waals surface area contributed by atoms with Gasteiger partial charge >= 0.3 is 0 Å². The molecule has 1 aliphatic rings. The number of H-pyrrole nitrogens is 1. The summed E-state index contributed by atoms with van der Waals surface area (Å²) in [6.07, 6.45) is 5.66. The Balaban J connectivity index is 1.96. The quantitative estimate of drug-likeness (QED) is 0.764. The molecule has 1 aromatic rings. The van der Waals surface area contributed by atoms with Gasteiger partial charge in [-0.3, -0.25) is 4.79 Å². The minimum atomic E-state index is -0.231. The van der Waals surface area contributed by atoms with Crippen LogP contribution >= 0.6 is 0 Å². The third kappa shape index (κ3) is 1.90. The molecule has 4 heteroatoms. The summed E-state index contributed by atoms with van der Waals surface area (Å²) in [5.41, 5.74) is 6.52. The van der Waals surface area contributed by atoms with Gasteiger partial charge in [0.25, 0.3) is 0 Å². The van der Waals surface area contributed by atoms with Gasteiger partial charge in [-0.05, 0) is 24.5 Å². The fourth-order valence-corrected chi connectivity index (χ4v) is 1.86. The Morgan fingerprint density at radius 1 is 1.67 bits per heavy atom. The number of hydrogen-bond donors (Lipinski definition) is 2. The standard InChI is InChI=1S/C11H17N3O/c1-14(7-9-2-5-13-6-9)10(15)11(8-12)3-4-11/h2,5-6,13H,3-4,7-8,12H2,1H3. The second-order valence-electron chi connectivity index (χ2n) is 4.36. The molecule has 2 rings (SSSR count). The molecule has 0 unspecified atom stereocenters. The number of aromatic nitrogens is 1. The van der Waals surface area contributed by atoms with Gasteiger partial charge in [0.05, 0.1) is 5.41 Å². The largest absolute Gasteiger partial charge is 0.367 e. The van der Waals surface area contributed by atoms with E-state index in [1.807, 2.05) is 25.5 Å². The molecule has 0 aliphatic heterocycles. The van der Waals surface area contributed by atoms with Crippen molar-refractivity contribution in [3.05, 3.63) is 24.0 Å². The van der Waals surface area contributed by atoms with E-state index in [4.69, 9.17) is 5.73 Å². The van der Waals surface area contributed by atoms with Gasteiger partial charge in [-0.25, -0.2) is 0 Å². The first-order valence-electron chi connectivity index (χ1n) is 5.25. The van der Waals surface area contributed by atoms with Crippen molar-refractivity contribution in [2.45, 2.75) is 19.4 Å². The van der Waals surface area contributed by atoms with Crippen molar-refractivity contribution in [1.29, 1.82) is 0 Å². The van der Waals surface area contributed by atoms with Gasteiger partial charge in [-0.2, -0.15) is 0 Å². The van der Waals surface area contributed by atoms with E-state index >= 15 is 0 Å². The van der Waals surface area contributed by atoms with Gasteiger partial charge in [-0.15, -0.1) is 0 Å². The number of nitrogens with two attached hydrogens (primary N) is 1. The van der Waals surface area contributed by atoms with Crippen LogP contribution in [-0.2, 0) is 11.3 Å². The average molecular weight is 207 g/mol. The molecular weight excluding hydrogens is 190 g/mol. The first-order valence-corrected chi connectivity index (χ1v) is 5.25. The van der Waals surface area contributed by atoms with Crippen molar-refractivity contribution in [2.75, 3.05) is 13.6 Å². The number of nitrogens with one attached hydrogen (secondary N) is 1. The van der Waals surface area contributed by atoms with E-state index in [1.165, 1.54) is 0 Å². The molecule has 82 valence electrons. The van der Waals surface area contributed by atoms with E-state index in [0.717, 1.165) is 18.4 Å². The Labute approximate surface area is 89.5 Å². The van der Waals surface area contributed by atoms with Crippen LogP contribution in [0.2, 0.25) is 0 Å². The zero-order valence-corrected chi connectivity index (χ0v) is 8.99. The summed E-state index contributed by atoms with van der Waals surface area (Å²) in [7, 11) is 1.84. The maximum Gasteiger partial charge on any atom is 0.230 e. The SMILES string of the molecule is CN(Cc1cc[nH]c1)C(=O)C1(CN)CC1.